The Hall–Kier alpha value is -0.570. The number of hydrogen-bond donors (Lipinski definition) is 2. The summed E-state index contributed by atoms with van der Waals surface area (Å²) in [5.41, 5.74) is 5.70. The molecule has 96 valence electrons. The maximum Gasteiger partial charge on any atom is 0.221 e. The second-order valence-corrected chi connectivity index (χ2v) is 4.49. The van der Waals surface area contributed by atoms with E-state index >= 15 is 0 Å². The first-order chi connectivity index (χ1) is 7.70. The van der Waals surface area contributed by atoms with E-state index in [0.29, 0.717) is 6.42 Å². The van der Waals surface area contributed by atoms with Gasteiger partial charge >= 0.3 is 0 Å². The monoisotopic (exact) mass is 228 g/mol. The molecular formula is C13H28N2O. The molecule has 0 fully saturated rings. The standard InChI is InChI=1S/C13H28N2O/c1-3-5-6-7-8-9-10-15-13(16)11-12(14)4-2/h12H,3-11,14H2,1-2H3,(H,15,16). The SMILES string of the molecule is CCCCCCCCNC(=O)CC(N)CC. The quantitative estimate of drug-likeness (QED) is 0.565. The fourth-order valence-electron chi connectivity index (χ4n) is 1.59. The van der Waals surface area contributed by atoms with Gasteiger partial charge in [0.15, 0.2) is 0 Å². The number of carbonyl (C=O) groups is 1. The maximum atomic E-state index is 11.4. The Morgan fingerprint density at radius 2 is 1.75 bits per heavy atom. The van der Waals surface area contributed by atoms with Gasteiger partial charge in [0, 0.05) is 19.0 Å². The Balaban J connectivity index is 3.21. The van der Waals surface area contributed by atoms with Crippen LogP contribution < -0.4 is 11.1 Å². The molecule has 0 radical (unpaired) electrons. The zero-order valence-corrected chi connectivity index (χ0v) is 10.9. The molecule has 0 aromatic heterocycles. The molecule has 3 nitrogen and oxygen atoms in total. The first kappa shape index (κ1) is 15.4. The summed E-state index contributed by atoms with van der Waals surface area (Å²) < 4.78 is 0. The highest BCUT2D eigenvalue weighted by Crippen LogP contribution is 2.04. The molecule has 16 heavy (non-hydrogen) atoms. The van der Waals surface area contributed by atoms with Gasteiger partial charge in [-0.1, -0.05) is 46.0 Å². The third-order valence-electron chi connectivity index (χ3n) is 2.82. The highest BCUT2D eigenvalue weighted by Gasteiger charge is 2.05. The van der Waals surface area contributed by atoms with Crippen LogP contribution in [0.5, 0.6) is 0 Å². The summed E-state index contributed by atoms with van der Waals surface area (Å²) >= 11 is 0. The minimum absolute atomic E-state index is 0.0181. The minimum atomic E-state index is 0.0181. The zero-order chi connectivity index (χ0) is 12.2. The van der Waals surface area contributed by atoms with Crippen LogP contribution in [-0.4, -0.2) is 18.5 Å². The summed E-state index contributed by atoms with van der Waals surface area (Å²) in [4.78, 5) is 11.4. The Bertz CT molecular complexity index is 171. The van der Waals surface area contributed by atoms with Crippen LogP contribution in [0.15, 0.2) is 0 Å². The van der Waals surface area contributed by atoms with Crippen molar-refractivity contribution in [1.82, 2.24) is 5.32 Å². The fourth-order valence-corrected chi connectivity index (χ4v) is 1.59. The van der Waals surface area contributed by atoms with Gasteiger partial charge in [-0.05, 0) is 12.8 Å². The van der Waals surface area contributed by atoms with Crippen molar-refractivity contribution in [2.45, 2.75) is 71.3 Å². The predicted molar refractivity (Wildman–Crippen MR) is 69.3 cm³/mol. The highest BCUT2D eigenvalue weighted by atomic mass is 16.1. The molecule has 0 aliphatic carbocycles. The molecule has 0 aliphatic rings. The first-order valence-electron chi connectivity index (χ1n) is 6.73. The normalized spacial score (nSPS) is 12.4. The fraction of sp³-hybridized carbons (Fsp3) is 0.923. The molecular weight excluding hydrogens is 200 g/mol. The average Bonchev–Trinajstić information content (AvgIpc) is 2.27. The van der Waals surface area contributed by atoms with E-state index in [1.54, 1.807) is 0 Å². The molecule has 1 amide bonds. The summed E-state index contributed by atoms with van der Waals surface area (Å²) in [7, 11) is 0. The molecule has 0 aromatic rings. The van der Waals surface area contributed by atoms with Crippen LogP contribution in [0.25, 0.3) is 0 Å². The van der Waals surface area contributed by atoms with Crippen LogP contribution in [0.4, 0.5) is 0 Å². The summed E-state index contributed by atoms with van der Waals surface area (Å²) in [6.07, 6.45) is 8.88. The summed E-state index contributed by atoms with van der Waals surface area (Å²) in [5.74, 6) is 0.0999. The molecule has 0 aliphatic heterocycles. The van der Waals surface area contributed by atoms with E-state index in [4.69, 9.17) is 5.73 Å². The van der Waals surface area contributed by atoms with Crippen molar-refractivity contribution in [3.63, 3.8) is 0 Å². The van der Waals surface area contributed by atoms with E-state index in [-0.39, 0.29) is 11.9 Å². The van der Waals surface area contributed by atoms with Crippen molar-refractivity contribution in [1.29, 1.82) is 0 Å². The number of rotatable bonds is 10. The molecule has 3 N–H and O–H groups in total. The van der Waals surface area contributed by atoms with Crippen LogP contribution in [0.2, 0.25) is 0 Å². The van der Waals surface area contributed by atoms with Gasteiger partial charge < -0.3 is 11.1 Å². The van der Waals surface area contributed by atoms with Crippen molar-refractivity contribution < 1.29 is 4.79 Å². The summed E-state index contributed by atoms with van der Waals surface area (Å²) in [6.45, 7) is 5.03. The molecule has 0 rings (SSSR count). The van der Waals surface area contributed by atoms with E-state index in [9.17, 15) is 4.79 Å². The first-order valence-corrected chi connectivity index (χ1v) is 6.73. The third kappa shape index (κ3) is 9.97. The molecule has 1 atom stereocenters. The van der Waals surface area contributed by atoms with E-state index in [0.717, 1.165) is 19.4 Å². The lowest BCUT2D eigenvalue weighted by Gasteiger charge is -2.09. The number of carbonyl (C=O) groups excluding carboxylic acids is 1. The lowest BCUT2D eigenvalue weighted by molar-refractivity contribution is -0.121. The maximum absolute atomic E-state index is 11.4. The van der Waals surface area contributed by atoms with E-state index in [2.05, 4.69) is 12.2 Å². The molecule has 0 aromatic carbocycles. The number of nitrogens with one attached hydrogen (secondary N) is 1. The second kappa shape index (κ2) is 10.9. The van der Waals surface area contributed by atoms with Gasteiger partial charge in [0.1, 0.15) is 0 Å². The Morgan fingerprint density at radius 3 is 2.38 bits per heavy atom. The molecule has 1 unspecified atom stereocenters. The lowest BCUT2D eigenvalue weighted by Crippen LogP contribution is -2.31. The zero-order valence-electron chi connectivity index (χ0n) is 10.9. The van der Waals surface area contributed by atoms with Crippen molar-refractivity contribution in [3.8, 4) is 0 Å². The van der Waals surface area contributed by atoms with Crippen LogP contribution in [0, 0.1) is 0 Å². The molecule has 0 saturated carbocycles. The van der Waals surface area contributed by atoms with Crippen LogP contribution in [0.3, 0.4) is 0 Å². The molecule has 0 heterocycles. The molecule has 0 saturated heterocycles. The van der Waals surface area contributed by atoms with Crippen molar-refractivity contribution in [3.05, 3.63) is 0 Å². The van der Waals surface area contributed by atoms with E-state index in [1.165, 1.54) is 32.1 Å². The third-order valence-corrected chi connectivity index (χ3v) is 2.82. The Labute approximate surface area is 100 Å². The topological polar surface area (TPSA) is 55.1 Å². The smallest absolute Gasteiger partial charge is 0.221 e. The van der Waals surface area contributed by atoms with Gasteiger partial charge in [0.05, 0.1) is 0 Å². The largest absolute Gasteiger partial charge is 0.356 e. The van der Waals surface area contributed by atoms with Gasteiger partial charge in [-0.2, -0.15) is 0 Å². The molecule has 0 spiro atoms. The van der Waals surface area contributed by atoms with E-state index in [1.807, 2.05) is 6.92 Å². The van der Waals surface area contributed by atoms with Gasteiger partial charge in [-0.15, -0.1) is 0 Å². The van der Waals surface area contributed by atoms with Gasteiger partial charge in [0.25, 0.3) is 0 Å². The van der Waals surface area contributed by atoms with Crippen molar-refractivity contribution in [2.24, 2.45) is 5.73 Å². The van der Waals surface area contributed by atoms with Crippen LogP contribution in [-0.2, 0) is 4.79 Å². The second-order valence-electron chi connectivity index (χ2n) is 4.49. The molecule has 3 heteroatoms. The minimum Gasteiger partial charge on any atom is -0.356 e. The number of amides is 1. The summed E-state index contributed by atoms with van der Waals surface area (Å²) in [6, 6.07) is 0.0181. The Morgan fingerprint density at radius 1 is 1.12 bits per heavy atom. The van der Waals surface area contributed by atoms with Gasteiger partial charge in [0.2, 0.25) is 5.91 Å². The highest BCUT2D eigenvalue weighted by molar-refractivity contribution is 5.76. The van der Waals surface area contributed by atoms with Crippen molar-refractivity contribution in [2.75, 3.05) is 6.54 Å². The number of unbranched alkanes of at least 4 members (excludes halogenated alkanes) is 5. The van der Waals surface area contributed by atoms with Crippen molar-refractivity contribution >= 4 is 5.91 Å². The van der Waals surface area contributed by atoms with Crippen LogP contribution in [0.1, 0.15) is 65.2 Å². The van der Waals surface area contributed by atoms with Gasteiger partial charge in [-0.3, -0.25) is 4.79 Å². The number of nitrogens with two attached hydrogens (primary N) is 1. The van der Waals surface area contributed by atoms with Crippen LogP contribution >= 0.6 is 0 Å². The number of hydrogen-bond acceptors (Lipinski definition) is 2. The molecule has 0 bridgehead atoms. The lowest BCUT2D eigenvalue weighted by atomic mass is 10.1. The predicted octanol–water partition coefficient (Wildman–Crippen LogP) is 2.59. The van der Waals surface area contributed by atoms with Gasteiger partial charge in [-0.25, -0.2) is 0 Å². The Kier molecular flexibility index (Phi) is 10.5. The van der Waals surface area contributed by atoms with E-state index < -0.39 is 0 Å². The summed E-state index contributed by atoms with van der Waals surface area (Å²) in [5, 5.41) is 2.92. The average molecular weight is 228 g/mol.